The Balaban J connectivity index is 1.74. The molecule has 0 bridgehead atoms. The number of likely N-dealkylation sites (N-methyl/N-ethyl adjacent to an activating group) is 1. The van der Waals surface area contributed by atoms with Gasteiger partial charge in [0.25, 0.3) is 5.91 Å². The topological polar surface area (TPSA) is 73.0 Å². The highest BCUT2D eigenvalue weighted by Gasteiger charge is 2.55. The molecule has 0 aromatic heterocycles. The van der Waals surface area contributed by atoms with Crippen molar-refractivity contribution in [3.05, 3.63) is 0 Å². The normalized spacial score (nSPS) is 29.3. The van der Waals surface area contributed by atoms with Crippen LogP contribution in [0.4, 0.5) is 4.79 Å². The van der Waals surface area contributed by atoms with Crippen molar-refractivity contribution in [2.75, 3.05) is 26.7 Å². The average molecular weight is 322 g/mol. The van der Waals surface area contributed by atoms with Crippen LogP contribution in [0.25, 0.3) is 0 Å². The highest BCUT2D eigenvalue weighted by Crippen LogP contribution is 2.36. The molecule has 0 aromatic rings. The van der Waals surface area contributed by atoms with E-state index in [0.717, 1.165) is 30.8 Å². The summed E-state index contributed by atoms with van der Waals surface area (Å²) in [6.07, 6.45) is 3.25. The Morgan fingerprint density at radius 1 is 1.26 bits per heavy atom. The van der Waals surface area contributed by atoms with Crippen LogP contribution in [0.1, 0.15) is 39.5 Å². The maximum Gasteiger partial charge on any atom is 0.325 e. The third-order valence-electron chi connectivity index (χ3n) is 5.51. The molecule has 2 atom stereocenters. The highest BCUT2D eigenvalue weighted by molar-refractivity contribution is 6.10. The van der Waals surface area contributed by atoms with Crippen molar-refractivity contribution >= 4 is 17.8 Å². The lowest BCUT2D eigenvalue weighted by molar-refractivity contribution is -0.145. The predicted molar refractivity (Wildman–Crippen MR) is 84.7 cm³/mol. The van der Waals surface area contributed by atoms with Gasteiger partial charge in [0.2, 0.25) is 5.91 Å². The summed E-state index contributed by atoms with van der Waals surface area (Å²) in [6, 6.07) is -1.07. The number of nitrogens with zero attached hydrogens (tertiary/aromatic N) is 3. The van der Waals surface area contributed by atoms with E-state index in [9.17, 15) is 14.4 Å². The zero-order valence-corrected chi connectivity index (χ0v) is 14.2. The van der Waals surface area contributed by atoms with Crippen molar-refractivity contribution in [3.63, 3.8) is 0 Å². The minimum absolute atomic E-state index is 0.0879. The molecule has 3 aliphatic rings. The van der Waals surface area contributed by atoms with Crippen molar-refractivity contribution in [2.24, 2.45) is 0 Å². The van der Waals surface area contributed by atoms with Crippen LogP contribution in [0.15, 0.2) is 0 Å². The fourth-order valence-electron chi connectivity index (χ4n) is 4.13. The molecule has 3 rings (SSSR count). The standard InChI is InChI=1S/C16H26N4O3/c1-11-10-18(3)8-9-19(11)13(21)12(2)20-14(22)16(17-15(20)23)6-4-5-7-16/h11-12H,4-10H2,1-3H3,(H,17,23)/t11-,12-/m0/s1. The van der Waals surface area contributed by atoms with Gasteiger partial charge < -0.3 is 15.1 Å². The first-order valence-electron chi connectivity index (χ1n) is 8.50. The van der Waals surface area contributed by atoms with Gasteiger partial charge in [0.1, 0.15) is 11.6 Å². The molecule has 2 saturated heterocycles. The van der Waals surface area contributed by atoms with Crippen LogP contribution in [0.2, 0.25) is 0 Å². The Morgan fingerprint density at radius 2 is 1.91 bits per heavy atom. The van der Waals surface area contributed by atoms with Gasteiger partial charge in [-0.3, -0.25) is 9.59 Å². The van der Waals surface area contributed by atoms with Gasteiger partial charge in [-0.25, -0.2) is 9.69 Å². The largest absolute Gasteiger partial charge is 0.336 e. The van der Waals surface area contributed by atoms with Crippen molar-refractivity contribution in [1.29, 1.82) is 0 Å². The second kappa shape index (κ2) is 5.78. The minimum atomic E-state index is -0.751. The van der Waals surface area contributed by atoms with Crippen molar-refractivity contribution in [2.45, 2.75) is 57.2 Å². The molecule has 0 aromatic carbocycles. The molecule has 1 aliphatic carbocycles. The Kier molecular flexibility index (Phi) is 4.08. The third kappa shape index (κ3) is 2.60. The molecule has 23 heavy (non-hydrogen) atoms. The molecular formula is C16H26N4O3. The summed E-state index contributed by atoms with van der Waals surface area (Å²) in [4.78, 5) is 43.0. The zero-order valence-electron chi connectivity index (χ0n) is 14.2. The van der Waals surface area contributed by atoms with Gasteiger partial charge in [-0.15, -0.1) is 0 Å². The molecule has 1 spiro atoms. The van der Waals surface area contributed by atoms with Gasteiger partial charge in [0.15, 0.2) is 0 Å². The first kappa shape index (κ1) is 16.2. The van der Waals surface area contributed by atoms with Crippen molar-refractivity contribution < 1.29 is 14.4 Å². The summed E-state index contributed by atoms with van der Waals surface area (Å²) in [7, 11) is 2.03. The van der Waals surface area contributed by atoms with Crippen LogP contribution >= 0.6 is 0 Å². The first-order chi connectivity index (χ1) is 10.9. The van der Waals surface area contributed by atoms with Crippen LogP contribution in [-0.2, 0) is 9.59 Å². The smallest absolute Gasteiger partial charge is 0.325 e. The number of hydrogen-bond acceptors (Lipinski definition) is 4. The maximum absolute atomic E-state index is 12.8. The van der Waals surface area contributed by atoms with Crippen LogP contribution in [0, 0.1) is 0 Å². The van der Waals surface area contributed by atoms with Crippen molar-refractivity contribution in [1.82, 2.24) is 20.0 Å². The molecule has 7 nitrogen and oxygen atoms in total. The molecule has 3 fully saturated rings. The van der Waals surface area contributed by atoms with Gasteiger partial charge in [0.05, 0.1) is 0 Å². The molecule has 0 unspecified atom stereocenters. The SMILES string of the molecule is C[C@H]1CN(C)CCN1C(=O)[C@H](C)N1C(=O)NC2(CCCC2)C1=O. The number of hydrogen-bond donors (Lipinski definition) is 1. The van der Waals surface area contributed by atoms with E-state index in [4.69, 9.17) is 0 Å². The van der Waals surface area contributed by atoms with Gasteiger partial charge in [0, 0.05) is 25.7 Å². The number of nitrogens with one attached hydrogen (secondary N) is 1. The van der Waals surface area contributed by atoms with E-state index in [1.165, 1.54) is 0 Å². The third-order valence-corrected chi connectivity index (χ3v) is 5.51. The van der Waals surface area contributed by atoms with E-state index in [1.807, 2.05) is 14.0 Å². The summed E-state index contributed by atoms with van der Waals surface area (Å²) in [5.74, 6) is -0.355. The molecule has 128 valence electrons. The second-order valence-electron chi connectivity index (χ2n) is 7.21. The Hall–Kier alpha value is -1.63. The number of rotatable bonds is 2. The predicted octanol–water partition coefficient (Wildman–Crippen LogP) is 0.402. The van der Waals surface area contributed by atoms with E-state index >= 15 is 0 Å². The van der Waals surface area contributed by atoms with Crippen molar-refractivity contribution in [3.8, 4) is 0 Å². The zero-order chi connectivity index (χ0) is 16.8. The highest BCUT2D eigenvalue weighted by atomic mass is 16.2. The second-order valence-corrected chi connectivity index (χ2v) is 7.21. The summed E-state index contributed by atoms with van der Waals surface area (Å²) >= 11 is 0. The first-order valence-corrected chi connectivity index (χ1v) is 8.50. The van der Waals surface area contributed by atoms with E-state index in [0.29, 0.717) is 19.4 Å². The average Bonchev–Trinajstić information content (AvgIpc) is 3.04. The number of piperazine rings is 1. The van der Waals surface area contributed by atoms with Gasteiger partial charge >= 0.3 is 6.03 Å². The maximum atomic E-state index is 12.8. The molecular weight excluding hydrogens is 296 g/mol. The summed E-state index contributed by atoms with van der Waals surface area (Å²) in [5.41, 5.74) is -0.751. The molecule has 2 heterocycles. The number of imide groups is 1. The Morgan fingerprint density at radius 3 is 2.52 bits per heavy atom. The Labute approximate surface area is 137 Å². The van der Waals surface area contributed by atoms with Crippen LogP contribution in [0.5, 0.6) is 0 Å². The van der Waals surface area contributed by atoms with Gasteiger partial charge in [-0.05, 0) is 33.7 Å². The van der Waals surface area contributed by atoms with Gasteiger partial charge in [-0.1, -0.05) is 12.8 Å². The number of carbonyl (C=O) groups is 3. The van der Waals surface area contributed by atoms with E-state index < -0.39 is 17.6 Å². The number of amides is 4. The molecule has 4 amide bonds. The molecule has 2 aliphatic heterocycles. The van der Waals surface area contributed by atoms with E-state index in [-0.39, 0.29) is 17.9 Å². The van der Waals surface area contributed by atoms with Gasteiger partial charge in [-0.2, -0.15) is 0 Å². The summed E-state index contributed by atoms with van der Waals surface area (Å²) in [5, 5.41) is 2.84. The molecule has 1 saturated carbocycles. The number of carbonyl (C=O) groups excluding carboxylic acids is 3. The monoisotopic (exact) mass is 322 g/mol. The lowest BCUT2D eigenvalue weighted by Crippen LogP contribution is -2.58. The van der Waals surface area contributed by atoms with Crippen LogP contribution < -0.4 is 5.32 Å². The fraction of sp³-hybridized carbons (Fsp3) is 0.812. The quantitative estimate of drug-likeness (QED) is 0.747. The lowest BCUT2D eigenvalue weighted by atomic mass is 9.97. The van der Waals surface area contributed by atoms with Crippen LogP contribution in [0.3, 0.4) is 0 Å². The molecule has 0 radical (unpaired) electrons. The van der Waals surface area contributed by atoms with Crippen LogP contribution in [-0.4, -0.2) is 76.8 Å². The minimum Gasteiger partial charge on any atom is -0.336 e. The molecule has 7 heteroatoms. The lowest BCUT2D eigenvalue weighted by Gasteiger charge is -2.40. The Bertz CT molecular complexity index is 529. The van der Waals surface area contributed by atoms with E-state index in [2.05, 4.69) is 10.2 Å². The van der Waals surface area contributed by atoms with E-state index in [1.54, 1.807) is 11.8 Å². The summed E-state index contributed by atoms with van der Waals surface area (Å²) in [6.45, 7) is 5.93. The fourth-order valence-corrected chi connectivity index (χ4v) is 4.13. The number of urea groups is 1. The molecule has 1 N–H and O–H groups in total. The summed E-state index contributed by atoms with van der Waals surface area (Å²) < 4.78 is 0.